The second-order valence-electron chi connectivity index (χ2n) is 8.31. The van der Waals surface area contributed by atoms with E-state index in [1.807, 2.05) is 30.3 Å². The lowest BCUT2D eigenvalue weighted by Crippen LogP contribution is -2.49. The fourth-order valence-electron chi connectivity index (χ4n) is 3.82. The summed E-state index contributed by atoms with van der Waals surface area (Å²) < 4.78 is 11.0. The first-order chi connectivity index (χ1) is 16.8. The van der Waals surface area contributed by atoms with Gasteiger partial charge in [-0.05, 0) is 42.3 Å². The van der Waals surface area contributed by atoms with Gasteiger partial charge in [-0.3, -0.25) is 19.3 Å². The number of benzene rings is 3. The summed E-state index contributed by atoms with van der Waals surface area (Å²) in [4.78, 5) is 51.8. The van der Waals surface area contributed by atoms with Crippen LogP contribution in [0.5, 0.6) is 11.5 Å². The van der Waals surface area contributed by atoms with E-state index in [1.54, 1.807) is 62.4 Å². The molecule has 1 atom stereocenters. The van der Waals surface area contributed by atoms with Gasteiger partial charge in [-0.1, -0.05) is 50.2 Å². The number of esters is 1. The third-order valence-corrected chi connectivity index (χ3v) is 5.42. The summed E-state index contributed by atoms with van der Waals surface area (Å²) in [5, 5.41) is 2.65. The maximum absolute atomic E-state index is 12.9. The van der Waals surface area contributed by atoms with Gasteiger partial charge in [-0.25, -0.2) is 4.79 Å². The second kappa shape index (κ2) is 10.2. The molecule has 35 heavy (non-hydrogen) atoms. The highest BCUT2D eigenvalue weighted by molar-refractivity contribution is 6.22. The van der Waals surface area contributed by atoms with Crippen LogP contribution < -0.4 is 10.1 Å². The van der Waals surface area contributed by atoms with Crippen LogP contribution in [0.3, 0.4) is 0 Å². The summed E-state index contributed by atoms with van der Waals surface area (Å²) >= 11 is 0. The molecule has 0 saturated heterocycles. The van der Waals surface area contributed by atoms with Gasteiger partial charge in [-0.15, -0.1) is 0 Å². The first-order valence-electron chi connectivity index (χ1n) is 11.1. The molecule has 1 unspecified atom stereocenters. The molecule has 178 valence electrons. The number of hydrogen-bond donors (Lipinski definition) is 1. The fourth-order valence-corrected chi connectivity index (χ4v) is 3.82. The first-order valence-corrected chi connectivity index (χ1v) is 11.1. The number of nitrogens with zero attached hydrogens (tertiary/aromatic N) is 1. The number of carbonyl (C=O) groups excluding carboxylic acids is 4. The number of para-hydroxylation sites is 1. The number of imide groups is 1. The zero-order valence-electron chi connectivity index (χ0n) is 19.3. The molecule has 4 rings (SSSR count). The van der Waals surface area contributed by atoms with E-state index < -0.39 is 42.3 Å². The van der Waals surface area contributed by atoms with Crippen LogP contribution in [0.1, 0.15) is 34.6 Å². The zero-order valence-corrected chi connectivity index (χ0v) is 19.3. The number of ether oxygens (including phenoxy) is 2. The number of fused-ring (bicyclic) bond motifs is 1. The number of hydrogen-bond acceptors (Lipinski definition) is 6. The van der Waals surface area contributed by atoms with E-state index in [9.17, 15) is 19.2 Å². The summed E-state index contributed by atoms with van der Waals surface area (Å²) in [6.07, 6.45) is 0. The lowest BCUT2D eigenvalue weighted by molar-refractivity contribution is -0.152. The van der Waals surface area contributed by atoms with Crippen molar-refractivity contribution in [1.29, 1.82) is 0 Å². The predicted octanol–water partition coefficient (Wildman–Crippen LogP) is 4.28. The molecule has 0 bridgehead atoms. The SMILES string of the molecule is CC(C)C(C(=O)OCC(=O)Nc1cccc(Oc2ccccc2)c1)N1C(=O)c2ccccc2C1=O. The summed E-state index contributed by atoms with van der Waals surface area (Å²) in [6.45, 7) is 2.83. The Labute approximate surface area is 202 Å². The third-order valence-electron chi connectivity index (χ3n) is 5.42. The molecule has 0 spiro atoms. The third kappa shape index (κ3) is 5.22. The van der Waals surface area contributed by atoms with Gasteiger partial charge in [0.25, 0.3) is 17.7 Å². The minimum Gasteiger partial charge on any atom is -0.457 e. The molecule has 0 fully saturated rings. The normalized spacial score (nSPS) is 13.4. The molecule has 3 amide bonds. The van der Waals surface area contributed by atoms with Crippen LogP contribution in [0, 0.1) is 5.92 Å². The second-order valence-corrected chi connectivity index (χ2v) is 8.31. The van der Waals surface area contributed by atoms with E-state index in [0.717, 1.165) is 4.90 Å². The van der Waals surface area contributed by atoms with Crippen molar-refractivity contribution in [3.05, 3.63) is 90.0 Å². The van der Waals surface area contributed by atoms with Crippen molar-refractivity contribution in [1.82, 2.24) is 4.90 Å². The largest absolute Gasteiger partial charge is 0.457 e. The molecule has 0 radical (unpaired) electrons. The van der Waals surface area contributed by atoms with Crippen LogP contribution in [0.25, 0.3) is 0 Å². The van der Waals surface area contributed by atoms with Gasteiger partial charge in [0.1, 0.15) is 17.5 Å². The number of nitrogens with one attached hydrogen (secondary N) is 1. The highest BCUT2D eigenvalue weighted by Crippen LogP contribution is 2.28. The molecule has 1 N–H and O–H groups in total. The Hall–Kier alpha value is -4.46. The number of amides is 3. The number of rotatable bonds is 8. The summed E-state index contributed by atoms with van der Waals surface area (Å²) in [5.41, 5.74) is 0.942. The molecule has 0 saturated carbocycles. The average molecular weight is 472 g/mol. The van der Waals surface area contributed by atoms with Gasteiger partial charge < -0.3 is 14.8 Å². The van der Waals surface area contributed by atoms with Crippen molar-refractivity contribution in [2.45, 2.75) is 19.9 Å². The molecule has 1 aliphatic heterocycles. The van der Waals surface area contributed by atoms with Gasteiger partial charge in [0, 0.05) is 11.8 Å². The Balaban J connectivity index is 1.38. The molecule has 8 nitrogen and oxygen atoms in total. The number of carbonyl (C=O) groups is 4. The lowest BCUT2D eigenvalue weighted by Gasteiger charge is -2.27. The summed E-state index contributed by atoms with van der Waals surface area (Å²) in [5.74, 6) is -1.75. The topological polar surface area (TPSA) is 102 Å². The molecule has 3 aromatic rings. The Morgan fingerprint density at radius 1 is 0.829 bits per heavy atom. The van der Waals surface area contributed by atoms with Crippen molar-refractivity contribution in [2.75, 3.05) is 11.9 Å². The standard InChI is InChI=1S/C27H24N2O6/c1-17(2)24(29-25(31)21-13-6-7-14-22(21)26(29)32)27(33)34-16-23(30)28-18-9-8-12-20(15-18)35-19-10-4-3-5-11-19/h3-15,17,24H,16H2,1-2H3,(H,28,30). The van der Waals surface area contributed by atoms with E-state index in [1.165, 1.54) is 0 Å². The highest BCUT2D eigenvalue weighted by atomic mass is 16.5. The van der Waals surface area contributed by atoms with Crippen molar-refractivity contribution < 1.29 is 28.7 Å². The van der Waals surface area contributed by atoms with Crippen molar-refractivity contribution in [3.8, 4) is 11.5 Å². The predicted molar refractivity (Wildman–Crippen MR) is 128 cm³/mol. The summed E-state index contributed by atoms with van der Waals surface area (Å²) in [6, 6.07) is 21.2. The van der Waals surface area contributed by atoms with Crippen LogP contribution in [0.2, 0.25) is 0 Å². The van der Waals surface area contributed by atoms with Gasteiger partial charge in [0.05, 0.1) is 11.1 Å². The Morgan fingerprint density at radius 2 is 1.43 bits per heavy atom. The molecular formula is C27H24N2O6. The van der Waals surface area contributed by atoms with Gasteiger partial charge in [0.15, 0.2) is 6.61 Å². The van der Waals surface area contributed by atoms with E-state index in [2.05, 4.69) is 5.32 Å². The van der Waals surface area contributed by atoms with Crippen LogP contribution >= 0.6 is 0 Å². The van der Waals surface area contributed by atoms with Crippen molar-refractivity contribution in [2.24, 2.45) is 5.92 Å². The molecule has 0 aliphatic carbocycles. The first kappa shape index (κ1) is 23.7. The lowest BCUT2D eigenvalue weighted by atomic mass is 10.0. The monoisotopic (exact) mass is 472 g/mol. The van der Waals surface area contributed by atoms with Gasteiger partial charge in [0.2, 0.25) is 0 Å². The molecule has 3 aromatic carbocycles. The molecule has 0 aromatic heterocycles. The van der Waals surface area contributed by atoms with Gasteiger partial charge in [-0.2, -0.15) is 0 Å². The maximum Gasteiger partial charge on any atom is 0.330 e. The van der Waals surface area contributed by atoms with Crippen LogP contribution in [0.4, 0.5) is 5.69 Å². The van der Waals surface area contributed by atoms with Gasteiger partial charge >= 0.3 is 5.97 Å². The molecule has 1 aliphatic rings. The average Bonchev–Trinajstić information content (AvgIpc) is 3.09. The van der Waals surface area contributed by atoms with E-state index in [0.29, 0.717) is 17.2 Å². The summed E-state index contributed by atoms with van der Waals surface area (Å²) in [7, 11) is 0. The maximum atomic E-state index is 12.9. The van der Waals surface area contributed by atoms with Crippen LogP contribution in [-0.2, 0) is 14.3 Å². The van der Waals surface area contributed by atoms with Crippen molar-refractivity contribution in [3.63, 3.8) is 0 Å². The zero-order chi connectivity index (χ0) is 24.9. The van der Waals surface area contributed by atoms with E-state index >= 15 is 0 Å². The minimum absolute atomic E-state index is 0.242. The van der Waals surface area contributed by atoms with E-state index in [4.69, 9.17) is 9.47 Å². The van der Waals surface area contributed by atoms with Crippen molar-refractivity contribution >= 4 is 29.4 Å². The number of anilines is 1. The van der Waals surface area contributed by atoms with Crippen LogP contribution in [0.15, 0.2) is 78.9 Å². The smallest absolute Gasteiger partial charge is 0.330 e. The molecule has 8 heteroatoms. The van der Waals surface area contributed by atoms with E-state index in [-0.39, 0.29) is 11.1 Å². The fraction of sp³-hybridized carbons (Fsp3) is 0.185. The Morgan fingerprint density at radius 3 is 2.06 bits per heavy atom. The quantitative estimate of drug-likeness (QED) is 0.388. The minimum atomic E-state index is -1.15. The Kier molecular flexibility index (Phi) is 6.91. The molecule has 1 heterocycles. The van der Waals surface area contributed by atoms with Crippen LogP contribution in [-0.4, -0.2) is 41.2 Å². The molecular weight excluding hydrogens is 448 g/mol. The highest BCUT2D eigenvalue weighted by Gasteiger charge is 2.44. The Bertz CT molecular complexity index is 1240.